The SMILES string of the molecule is CCOc1cccc2c1NCC2. The highest BCUT2D eigenvalue weighted by atomic mass is 16.5. The number of nitrogens with one attached hydrogen (secondary N) is 1. The van der Waals surface area contributed by atoms with Crippen molar-refractivity contribution in [2.75, 3.05) is 18.5 Å². The van der Waals surface area contributed by atoms with Crippen LogP contribution < -0.4 is 10.1 Å². The van der Waals surface area contributed by atoms with Crippen LogP contribution in [0, 0.1) is 0 Å². The predicted molar refractivity (Wildman–Crippen MR) is 49.8 cm³/mol. The molecule has 0 saturated carbocycles. The normalized spacial score (nSPS) is 13.8. The molecule has 1 aromatic rings. The fraction of sp³-hybridized carbons (Fsp3) is 0.400. The summed E-state index contributed by atoms with van der Waals surface area (Å²) in [5, 5.41) is 3.33. The average Bonchev–Trinajstić information content (AvgIpc) is 2.53. The van der Waals surface area contributed by atoms with Crippen molar-refractivity contribution < 1.29 is 4.74 Å². The molecule has 2 heteroatoms. The molecule has 0 bridgehead atoms. The van der Waals surface area contributed by atoms with Gasteiger partial charge < -0.3 is 10.1 Å². The van der Waals surface area contributed by atoms with Crippen molar-refractivity contribution in [2.45, 2.75) is 13.3 Å². The van der Waals surface area contributed by atoms with Gasteiger partial charge in [-0.3, -0.25) is 0 Å². The number of fused-ring (bicyclic) bond motifs is 1. The summed E-state index contributed by atoms with van der Waals surface area (Å²) in [6, 6.07) is 6.22. The van der Waals surface area contributed by atoms with E-state index in [0.717, 1.165) is 25.3 Å². The van der Waals surface area contributed by atoms with E-state index in [1.54, 1.807) is 0 Å². The molecule has 1 aromatic carbocycles. The maximum atomic E-state index is 5.49. The van der Waals surface area contributed by atoms with Crippen LogP contribution in [0.15, 0.2) is 18.2 Å². The number of anilines is 1. The molecule has 0 fully saturated rings. The molecule has 0 spiro atoms. The molecule has 12 heavy (non-hydrogen) atoms. The molecule has 0 unspecified atom stereocenters. The molecule has 0 radical (unpaired) electrons. The van der Waals surface area contributed by atoms with E-state index in [0.29, 0.717) is 0 Å². The summed E-state index contributed by atoms with van der Waals surface area (Å²) >= 11 is 0. The Kier molecular flexibility index (Phi) is 1.90. The van der Waals surface area contributed by atoms with E-state index in [1.165, 1.54) is 11.3 Å². The van der Waals surface area contributed by atoms with E-state index < -0.39 is 0 Å². The molecule has 0 aliphatic carbocycles. The standard InChI is InChI=1S/C10H13NO/c1-2-12-9-5-3-4-8-6-7-11-10(8)9/h3-5,11H,2,6-7H2,1H3. The molecule has 2 nitrogen and oxygen atoms in total. The second kappa shape index (κ2) is 3.05. The van der Waals surface area contributed by atoms with Crippen molar-refractivity contribution in [3.8, 4) is 5.75 Å². The Bertz CT molecular complexity index is 283. The van der Waals surface area contributed by atoms with Crippen molar-refractivity contribution >= 4 is 5.69 Å². The highest BCUT2D eigenvalue weighted by Gasteiger charge is 2.13. The Morgan fingerprint density at radius 1 is 1.50 bits per heavy atom. The molecule has 0 amide bonds. The first-order valence-corrected chi connectivity index (χ1v) is 4.40. The minimum atomic E-state index is 0.734. The number of benzene rings is 1. The lowest BCUT2D eigenvalue weighted by atomic mass is 10.1. The molecule has 1 aliphatic rings. The van der Waals surface area contributed by atoms with Gasteiger partial charge in [0.15, 0.2) is 0 Å². The van der Waals surface area contributed by atoms with Crippen molar-refractivity contribution in [2.24, 2.45) is 0 Å². The van der Waals surface area contributed by atoms with Gasteiger partial charge in [-0.05, 0) is 25.0 Å². The Balaban J connectivity index is 2.36. The Morgan fingerprint density at radius 2 is 2.42 bits per heavy atom. The van der Waals surface area contributed by atoms with Crippen LogP contribution in [-0.2, 0) is 6.42 Å². The van der Waals surface area contributed by atoms with Crippen LogP contribution >= 0.6 is 0 Å². The minimum absolute atomic E-state index is 0.734. The van der Waals surface area contributed by atoms with E-state index in [4.69, 9.17) is 4.74 Å². The monoisotopic (exact) mass is 163 g/mol. The Labute approximate surface area is 72.5 Å². The third-order valence-electron chi connectivity index (χ3n) is 2.11. The third kappa shape index (κ3) is 1.13. The molecule has 1 heterocycles. The fourth-order valence-corrected chi connectivity index (χ4v) is 1.58. The largest absolute Gasteiger partial charge is 0.492 e. The van der Waals surface area contributed by atoms with Crippen molar-refractivity contribution in [3.05, 3.63) is 23.8 Å². The maximum absolute atomic E-state index is 5.49. The summed E-state index contributed by atoms with van der Waals surface area (Å²) < 4.78 is 5.49. The molecular formula is C10H13NO. The minimum Gasteiger partial charge on any atom is -0.492 e. The lowest BCUT2D eigenvalue weighted by Crippen LogP contribution is -1.97. The van der Waals surface area contributed by atoms with E-state index in [1.807, 2.05) is 13.0 Å². The van der Waals surface area contributed by atoms with Gasteiger partial charge in [0.1, 0.15) is 5.75 Å². The maximum Gasteiger partial charge on any atom is 0.142 e. The first-order valence-electron chi connectivity index (χ1n) is 4.40. The quantitative estimate of drug-likeness (QED) is 0.720. The van der Waals surface area contributed by atoms with Gasteiger partial charge in [0, 0.05) is 6.54 Å². The van der Waals surface area contributed by atoms with Crippen molar-refractivity contribution in [1.82, 2.24) is 0 Å². The van der Waals surface area contributed by atoms with Gasteiger partial charge in [0.25, 0.3) is 0 Å². The fourth-order valence-electron chi connectivity index (χ4n) is 1.58. The van der Waals surface area contributed by atoms with Gasteiger partial charge >= 0.3 is 0 Å². The lowest BCUT2D eigenvalue weighted by Gasteiger charge is -2.08. The Morgan fingerprint density at radius 3 is 3.25 bits per heavy atom. The molecule has 2 rings (SSSR count). The van der Waals surface area contributed by atoms with E-state index >= 15 is 0 Å². The smallest absolute Gasteiger partial charge is 0.142 e. The van der Waals surface area contributed by atoms with Gasteiger partial charge in [0.05, 0.1) is 12.3 Å². The average molecular weight is 163 g/mol. The molecule has 64 valence electrons. The zero-order chi connectivity index (χ0) is 8.39. The van der Waals surface area contributed by atoms with Crippen LogP contribution in [-0.4, -0.2) is 13.2 Å². The molecule has 0 aromatic heterocycles. The summed E-state index contributed by atoms with van der Waals surface area (Å²) in [4.78, 5) is 0. The number of para-hydroxylation sites is 1. The number of hydrogen-bond acceptors (Lipinski definition) is 2. The lowest BCUT2D eigenvalue weighted by molar-refractivity contribution is 0.342. The second-order valence-corrected chi connectivity index (χ2v) is 2.90. The van der Waals surface area contributed by atoms with Gasteiger partial charge in [-0.1, -0.05) is 12.1 Å². The zero-order valence-corrected chi connectivity index (χ0v) is 7.26. The summed E-state index contributed by atoms with van der Waals surface area (Å²) in [7, 11) is 0. The van der Waals surface area contributed by atoms with Crippen LogP contribution in [0.1, 0.15) is 12.5 Å². The first-order chi connectivity index (χ1) is 5.92. The molecular weight excluding hydrogens is 150 g/mol. The number of ether oxygens (including phenoxy) is 1. The van der Waals surface area contributed by atoms with Crippen molar-refractivity contribution in [3.63, 3.8) is 0 Å². The number of rotatable bonds is 2. The van der Waals surface area contributed by atoms with E-state index in [9.17, 15) is 0 Å². The molecule has 1 N–H and O–H groups in total. The van der Waals surface area contributed by atoms with Crippen LogP contribution in [0.5, 0.6) is 5.75 Å². The summed E-state index contributed by atoms with van der Waals surface area (Å²) in [5.41, 5.74) is 2.57. The van der Waals surface area contributed by atoms with Crippen LogP contribution in [0.3, 0.4) is 0 Å². The van der Waals surface area contributed by atoms with E-state index in [2.05, 4.69) is 17.4 Å². The highest BCUT2D eigenvalue weighted by Crippen LogP contribution is 2.32. The summed E-state index contributed by atoms with van der Waals surface area (Å²) in [6.45, 7) is 3.78. The van der Waals surface area contributed by atoms with Gasteiger partial charge in [-0.2, -0.15) is 0 Å². The van der Waals surface area contributed by atoms with Gasteiger partial charge in [0.2, 0.25) is 0 Å². The number of hydrogen-bond donors (Lipinski definition) is 1. The van der Waals surface area contributed by atoms with Crippen LogP contribution in [0.2, 0.25) is 0 Å². The van der Waals surface area contributed by atoms with Crippen molar-refractivity contribution in [1.29, 1.82) is 0 Å². The molecule has 1 aliphatic heterocycles. The summed E-state index contributed by atoms with van der Waals surface area (Å²) in [5.74, 6) is 0.993. The zero-order valence-electron chi connectivity index (χ0n) is 7.26. The molecule has 0 atom stereocenters. The van der Waals surface area contributed by atoms with Crippen LogP contribution in [0.4, 0.5) is 5.69 Å². The molecule has 0 saturated heterocycles. The highest BCUT2D eigenvalue weighted by molar-refractivity contribution is 5.65. The van der Waals surface area contributed by atoms with Gasteiger partial charge in [-0.15, -0.1) is 0 Å². The third-order valence-corrected chi connectivity index (χ3v) is 2.11. The van der Waals surface area contributed by atoms with Gasteiger partial charge in [-0.25, -0.2) is 0 Å². The Hall–Kier alpha value is -1.18. The topological polar surface area (TPSA) is 21.3 Å². The second-order valence-electron chi connectivity index (χ2n) is 2.90. The predicted octanol–water partition coefficient (Wildman–Crippen LogP) is 2.05. The van der Waals surface area contributed by atoms with Crippen LogP contribution in [0.25, 0.3) is 0 Å². The first kappa shape index (κ1) is 7.47. The van der Waals surface area contributed by atoms with E-state index in [-0.39, 0.29) is 0 Å². The summed E-state index contributed by atoms with van der Waals surface area (Å²) in [6.07, 6.45) is 1.12.